The van der Waals surface area contributed by atoms with Crippen molar-refractivity contribution in [1.82, 2.24) is 0 Å². The number of aliphatic hydroxyl groups excluding tert-OH is 6. The number of fused-ring (bicyclic) bond motifs is 1. The summed E-state index contributed by atoms with van der Waals surface area (Å²) in [4.78, 5) is 22.4. The van der Waals surface area contributed by atoms with E-state index in [4.69, 9.17) is 28.8 Å². The fourth-order valence-corrected chi connectivity index (χ4v) is 6.33. The highest BCUT2D eigenvalue weighted by Crippen LogP contribution is 2.43. The van der Waals surface area contributed by atoms with Crippen molar-refractivity contribution < 1.29 is 69.0 Å². The Bertz CT molecular complexity index is 842. The molecule has 224 valence electrons. The van der Waals surface area contributed by atoms with Crippen LogP contribution in [0.4, 0.5) is 0 Å². The van der Waals surface area contributed by atoms with E-state index in [1.54, 1.807) is 0 Å². The number of carboxylic acid groups (broad SMARTS) is 1. The lowest BCUT2D eigenvalue weighted by Gasteiger charge is -2.51. The zero-order chi connectivity index (χ0) is 28.4. The van der Waals surface area contributed by atoms with Gasteiger partial charge in [0.05, 0.1) is 42.7 Å². The number of hydrogen-bond acceptors (Lipinski definition) is 13. The second-order valence-electron chi connectivity index (χ2n) is 11.1. The van der Waals surface area contributed by atoms with Crippen molar-refractivity contribution in [2.24, 2.45) is 11.8 Å². The smallest absolute Gasteiger partial charge is 0.317 e. The highest BCUT2D eigenvalue weighted by molar-refractivity contribution is 5.90. The van der Waals surface area contributed by atoms with E-state index in [1.165, 1.54) is 7.11 Å². The summed E-state index contributed by atoms with van der Waals surface area (Å²) in [5.41, 5.74) is 0. The van der Waals surface area contributed by atoms with Crippen LogP contribution in [0.1, 0.15) is 44.9 Å². The lowest BCUT2D eigenvalue weighted by atomic mass is 9.72. The maximum Gasteiger partial charge on any atom is 0.317 e. The molecule has 4 rings (SSSR count). The minimum atomic E-state index is -1.72. The van der Waals surface area contributed by atoms with Crippen LogP contribution in [0.25, 0.3) is 0 Å². The van der Waals surface area contributed by atoms with Gasteiger partial charge in [-0.25, -0.2) is 0 Å². The molecular formula is C25H40O14. The molecule has 2 aliphatic heterocycles. The Balaban J connectivity index is 1.50. The van der Waals surface area contributed by atoms with Gasteiger partial charge in [-0.15, -0.1) is 0 Å². The van der Waals surface area contributed by atoms with Gasteiger partial charge in [-0.1, -0.05) is 0 Å². The zero-order valence-corrected chi connectivity index (χ0v) is 21.7. The normalized spacial score (nSPS) is 46.7. The first-order chi connectivity index (χ1) is 18.5. The van der Waals surface area contributed by atoms with Crippen molar-refractivity contribution in [2.45, 2.75) is 118 Å². The van der Waals surface area contributed by atoms with Crippen molar-refractivity contribution >= 4 is 11.9 Å². The van der Waals surface area contributed by atoms with E-state index in [-0.39, 0.29) is 18.3 Å². The third-order valence-corrected chi connectivity index (χ3v) is 8.44. The molecule has 14 atom stereocenters. The van der Waals surface area contributed by atoms with Crippen LogP contribution in [0.3, 0.4) is 0 Å². The predicted molar refractivity (Wildman–Crippen MR) is 127 cm³/mol. The number of carbonyl (C=O) groups excluding carboxylic acids is 1. The van der Waals surface area contributed by atoms with E-state index in [0.717, 1.165) is 0 Å². The summed E-state index contributed by atoms with van der Waals surface area (Å²) in [6.45, 7) is -0.584. The molecule has 0 amide bonds. The van der Waals surface area contributed by atoms with Crippen LogP contribution in [0.5, 0.6) is 0 Å². The van der Waals surface area contributed by atoms with E-state index in [1.807, 2.05) is 0 Å². The number of methoxy groups -OCH3 is 1. The Hall–Kier alpha value is -1.46. The average Bonchev–Trinajstić information content (AvgIpc) is 2.88. The number of carbonyl (C=O) groups is 2. The number of carboxylic acids is 1. The number of ether oxygens (including phenoxy) is 5. The van der Waals surface area contributed by atoms with E-state index < -0.39 is 98.4 Å². The van der Waals surface area contributed by atoms with Crippen LogP contribution < -0.4 is 0 Å². The molecule has 0 radical (unpaired) electrons. The zero-order valence-electron chi connectivity index (χ0n) is 21.7. The molecular weight excluding hydrogens is 524 g/mol. The monoisotopic (exact) mass is 564 g/mol. The molecule has 2 saturated carbocycles. The fourth-order valence-electron chi connectivity index (χ4n) is 6.33. The van der Waals surface area contributed by atoms with Crippen LogP contribution in [0.2, 0.25) is 0 Å². The highest BCUT2D eigenvalue weighted by atomic mass is 16.7. The summed E-state index contributed by atoms with van der Waals surface area (Å²) < 4.78 is 28.6. The van der Waals surface area contributed by atoms with Gasteiger partial charge in [0.25, 0.3) is 0 Å². The molecule has 14 heteroatoms. The molecule has 0 aromatic carbocycles. The van der Waals surface area contributed by atoms with Gasteiger partial charge < -0.3 is 59.4 Å². The number of hydrogen-bond donors (Lipinski definition) is 7. The summed E-state index contributed by atoms with van der Waals surface area (Å²) in [5, 5.41) is 71.4. The standard InChI is InChI=1S/C25H40O14/c1-35-16-4-10(2-3-13(16)27)24-17(7-12-14(28)5-11(26)6-15(12)37-24)38-25-23(34)22(33)21(32)18(39-25)9-36-20(31)8-19(29)30/h10-18,21-28,32-34H,2-9H2,1H3,(H,29,30)/t10?,11?,12?,13?,14?,15?,16?,17?,18-,21-,22+,23-,24?,25-/m0/s1. The number of aliphatic hydroxyl groups is 6. The lowest BCUT2D eigenvalue weighted by Crippen LogP contribution is -2.62. The predicted octanol–water partition coefficient (Wildman–Crippen LogP) is -2.34. The molecule has 2 aliphatic carbocycles. The molecule has 0 aromatic rings. The van der Waals surface area contributed by atoms with E-state index in [9.17, 15) is 40.2 Å². The van der Waals surface area contributed by atoms with Gasteiger partial charge in [0, 0.05) is 13.0 Å². The van der Waals surface area contributed by atoms with Crippen LogP contribution in [0.15, 0.2) is 0 Å². The van der Waals surface area contributed by atoms with Gasteiger partial charge in [-0.05, 0) is 44.4 Å². The maximum atomic E-state index is 11.7. The Kier molecular flexibility index (Phi) is 10.2. The van der Waals surface area contributed by atoms with Crippen molar-refractivity contribution in [2.75, 3.05) is 13.7 Å². The summed E-state index contributed by atoms with van der Waals surface area (Å²) in [6, 6.07) is 0. The molecule has 2 saturated heterocycles. The quantitative estimate of drug-likeness (QED) is 0.121. The minimum absolute atomic E-state index is 0.135. The Morgan fingerprint density at radius 1 is 0.846 bits per heavy atom. The van der Waals surface area contributed by atoms with Gasteiger partial charge in [0.1, 0.15) is 37.4 Å². The molecule has 4 aliphatic rings. The van der Waals surface area contributed by atoms with E-state index >= 15 is 0 Å². The third-order valence-electron chi connectivity index (χ3n) is 8.44. The van der Waals surface area contributed by atoms with Gasteiger partial charge in [-0.2, -0.15) is 0 Å². The maximum absolute atomic E-state index is 11.7. The van der Waals surface area contributed by atoms with Crippen molar-refractivity contribution in [3.63, 3.8) is 0 Å². The van der Waals surface area contributed by atoms with Gasteiger partial charge >= 0.3 is 11.9 Å². The molecule has 0 aromatic heterocycles. The van der Waals surface area contributed by atoms with Gasteiger partial charge in [0.2, 0.25) is 0 Å². The van der Waals surface area contributed by atoms with Gasteiger partial charge in [0.15, 0.2) is 6.29 Å². The second-order valence-corrected chi connectivity index (χ2v) is 11.1. The molecule has 0 bridgehead atoms. The van der Waals surface area contributed by atoms with Crippen LogP contribution in [-0.2, 0) is 33.3 Å². The number of esters is 1. The summed E-state index contributed by atoms with van der Waals surface area (Å²) >= 11 is 0. The third kappa shape index (κ3) is 7.07. The Labute approximate surface area is 225 Å². The summed E-state index contributed by atoms with van der Waals surface area (Å²) in [7, 11) is 1.51. The van der Waals surface area contributed by atoms with E-state index in [2.05, 4.69) is 0 Å². The second kappa shape index (κ2) is 13.0. The van der Waals surface area contributed by atoms with Crippen molar-refractivity contribution in [3.05, 3.63) is 0 Å². The van der Waals surface area contributed by atoms with Crippen LogP contribution >= 0.6 is 0 Å². The molecule has 39 heavy (non-hydrogen) atoms. The lowest BCUT2D eigenvalue weighted by molar-refractivity contribution is -0.333. The summed E-state index contributed by atoms with van der Waals surface area (Å²) in [6.07, 6.45) is -10.8. The first kappa shape index (κ1) is 30.5. The largest absolute Gasteiger partial charge is 0.481 e. The van der Waals surface area contributed by atoms with E-state index in [0.29, 0.717) is 32.1 Å². The first-order valence-electron chi connectivity index (χ1n) is 13.4. The number of rotatable bonds is 8. The van der Waals surface area contributed by atoms with Gasteiger partial charge in [-0.3, -0.25) is 9.59 Å². The van der Waals surface area contributed by atoms with Crippen molar-refractivity contribution in [3.8, 4) is 0 Å². The number of aliphatic carboxylic acids is 1. The topological polar surface area (TPSA) is 222 Å². The molecule has 7 N–H and O–H groups in total. The van der Waals surface area contributed by atoms with Crippen molar-refractivity contribution in [1.29, 1.82) is 0 Å². The minimum Gasteiger partial charge on any atom is -0.481 e. The Morgan fingerprint density at radius 2 is 1.59 bits per heavy atom. The molecule has 9 unspecified atom stereocenters. The fraction of sp³-hybridized carbons (Fsp3) is 0.920. The van der Waals surface area contributed by atoms with Crippen LogP contribution in [-0.4, -0.2) is 135 Å². The average molecular weight is 565 g/mol. The molecule has 14 nitrogen and oxygen atoms in total. The molecule has 4 fully saturated rings. The molecule has 2 heterocycles. The molecule has 0 spiro atoms. The highest BCUT2D eigenvalue weighted by Gasteiger charge is 2.52. The first-order valence-corrected chi connectivity index (χ1v) is 13.4. The summed E-state index contributed by atoms with van der Waals surface area (Å²) in [5.74, 6) is -2.97. The SMILES string of the molecule is COC1CC(C2OC3CC(O)CC(O)C3CC2O[C@H]2O[C@@H](COC(=O)CC(=O)O)[C@H](O)[C@@H](O)[C@@H]2O)CCC1O. The Morgan fingerprint density at radius 3 is 2.28 bits per heavy atom. The van der Waals surface area contributed by atoms with Crippen LogP contribution in [0, 0.1) is 11.8 Å².